The van der Waals surface area contributed by atoms with E-state index in [4.69, 9.17) is 18.7 Å². The van der Waals surface area contributed by atoms with Crippen molar-refractivity contribution in [2.24, 2.45) is 0 Å². The third-order valence-corrected chi connectivity index (χ3v) is 5.78. The van der Waals surface area contributed by atoms with E-state index in [2.05, 4.69) is 4.98 Å². The SMILES string of the molecule is CCCC(CCC)OC1C(OC)C(n2ccc(=O)[nH]c2=O)OC1[C@@H](CC)OP(=O)(O)O. The van der Waals surface area contributed by atoms with Crippen LogP contribution in [0.15, 0.2) is 21.9 Å². The number of aromatic amines is 1. The molecule has 1 aromatic rings. The molecule has 1 aliphatic rings. The van der Waals surface area contributed by atoms with Gasteiger partial charge in [0.1, 0.15) is 18.3 Å². The number of nitrogens with zero attached hydrogens (tertiary/aromatic N) is 1. The Labute approximate surface area is 180 Å². The fraction of sp³-hybridized carbons (Fsp3) is 0.789. The van der Waals surface area contributed by atoms with Crippen molar-refractivity contribution in [3.8, 4) is 0 Å². The molecule has 31 heavy (non-hydrogen) atoms. The fourth-order valence-electron chi connectivity index (χ4n) is 3.91. The van der Waals surface area contributed by atoms with Gasteiger partial charge in [0.05, 0.1) is 12.2 Å². The van der Waals surface area contributed by atoms with E-state index in [1.807, 2.05) is 13.8 Å². The Morgan fingerprint density at radius 2 is 1.84 bits per heavy atom. The van der Waals surface area contributed by atoms with Crippen LogP contribution in [0.3, 0.4) is 0 Å². The van der Waals surface area contributed by atoms with Crippen molar-refractivity contribution in [3.05, 3.63) is 33.1 Å². The summed E-state index contributed by atoms with van der Waals surface area (Å²) in [6.45, 7) is 5.78. The second-order valence-electron chi connectivity index (χ2n) is 7.55. The van der Waals surface area contributed by atoms with E-state index in [1.54, 1.807) is 6.92 Å². The molecule has 178 valence electrons. The average Bonchev–Trinajstić information content (AvgIpc) is 3.03. The first-order valence-corrected chi connectivity index (χ1v) is 12.1. The monoisotopic (exact) mass is 464 g/mol. The molecular formula is C19H33N2O9P. The number of phosphoric acid groups is 1. The minimum atomic E-state index is -4.81. The number of nitrogens with one attached hydrogen (secondary N) is 1. The van der Waals surface area contributed by atoms with Gasteiger partial charge in [-0.1, -0.05) is 33.6 Å². The Morgan fingerprint density at radius 1 is 1.19 bits per heavy atom. The van der Waals surface area contributed by atoms with Crippen LogP contribution < -0.4 is 11.2 Å². The van der Waals surface area contributed by atoms with Crippen molar-refractivity contribution in [1.29, 1.82) is 0 Å². The Balaban J connectivity index is 2.46. The number of ether oxygens (including phenoxy) is 3. The quantitative estimate of drug-likeness (QED) is 0.393. The molecule has 12 heteroatoms. The second kappa shape index (κ2) is 11.5. The van der Waals surface area contributed by atoms with Gasteiger partial charge in [-0.05, 0) is 19.3 Å². The lowest BCUT2D eigenvalue weighted by molar-refractivity contribution is -0.116. The number of hydrogen-bond acceptors (Lipinski definition) is 7. The van der Waals surface area contributed by atoms with Gasteiger partial charge in [-0.3, -0.25) is 18.9 Å². The average molecular weight is 464 g/mol. The van der Waals surface area contributed by atoms with E-state index in [-0.39, 0.29) is 12.5 Å². The van der Waals surface area contributed by atoms with Crippen LogP contribution in [-0.4, -0.2) is 57.0 Å². The van der Waals surface area contributed by atoms with Crippen molar-refractivity contribution in [1.82, 2.24) is 9.55 Å². The van der Waals surface area contributed by atoms with Gasteiger partial charge < -0.3 is 24.0 Å². The van der Waals surface area contributed by atoms with Crippen LogP contribution in [0.4, 0.5) is 0 Å². The smallest absolute Gasteiger partial charge is 0.374 e. The molecule has 2 rings (SSSR count). The zero-order chi connectivity index (χ0) is 23.2. The number of aromatic nitrogens is 2. The number of rotatable bonds is 12. The summed E-state index contributed by atoms with van der Waals surface area (Å²) in [6.07, 6.45) is 0.304. The lowest BCUT2D eigenvalue weighted by atomic mass is 10.0. The molecule has 0 amide bonds. The fourth-order valence-corrected chi connectivity index (χ4v) is 4.53. The summed E-state index contributed by atoms with van der Waals surface area (Å²) >= 11 is 0. The van der Waals surface area contributed by atoms with Crippen LogP contribution in [0.1, 0.15) is 59.1 Å². The molecule has 0 saturated carbocycles. The molecule has 2 heterocycles. The molecule has 3 N–H and O–H groups in total. The van der Waals surface area contributed by atoms with Gasteiger partial charge >= 0.3 is 13.5 Å². The van der Waals surface area contributed by atoms with Crippen molar-refractivity contribution < 1.29 is 33.1 Å². The van der Waals surface area contributed by atoms with Crippen LogP contribution in [0.5, 0.6) is 0 Å². The van der Waals surface area contributed by atoms with Crippen LogP contribution in [0.2, 0.25) is 0 Å². The maximum absolute atomic E-state index is 12.4. The Hall–Kier alpha value is -1.33. The molecule has 0 bridgehead atoms. The molecule has 1 aromatic heterocycles. The Kier molecular flexibility index (Phi) is 9.63. The van der Waals surface area contributed by atoms with Crippen molar-refractivity contribution in [2.75, 3.05) is 7.11 Å². The number of hydrogen-bond donors (Lipinski definition) is 3. The molecule has 0 aromatic carbocycles. The van der Waals surface area contributed by atoms with E-state index in [9.17, 15) is 23.9 Å². The predicted octanol–water partition coefficient (Wildman–Crippen LogP) is 1.69. The first-order valence-electron chi connectivity index (χ1n) is 10.5. The summed E-state index contributed by atoms with van der Waals surface area (Å²) in [4.78, 5) is 44.7. The number of phosphoric ester groups is 1. The van der Waals surface area contributed by atoms with E-state index in [1.165, 1.54) is 23.9 Å². The highest BCUT2D eigenvalue weighted by Crippen LogP contribution is 2.44. The Bertz CT molecular complexity index is 845. The maximum atomic E-state index is 12.4. The molecule has 11 nitrogen and oxygen atoms in total. The highest BCUT2D eigenvalue weighted by Gasteiger charge is 2.51. The number of methoxy groups -OCH3 is 1. The molecule has 4 unspecified atom stereocenters. The summed E-state index contributed by atoms with van der Waals surface area (Å²) in [5.74, 6) is 0. The van der Waals surface area contributed by atoms with Crippen molar-refractivity contribution >= 4 is 7.82 Å². The minimum Gasteiger partial charge on any atom is -0.374 e. The van der Waals surface area contributed by atoms with E-state index in [0.717, 1.165) is 25.7 Å². The highest BCUT2D eigenvalue weighted by molar-refractivity contribution is 7.46. The lowest BCUT2D eigenvalue weighted by Gasteiger charge is -2.31. The molecule has 1 saturated heterocycles. The largest absolute Gasteiger partial charge is 0.469 e. The van der Waals surface area contributed by atoms with Crippen LogP contribution in [0.25, 0.3) is 0 Å². The van der Waals surface area contributed by atoms with Crippen LogP contribution in [-0.2, 0) is 23.3 Å². The molecular weight excluding hydrogens is 431 g/mol. The summed E-state index contributed by atoms with van der Waals surface area (Å²) in [5.41, 5.74) is -1.25. The third kappa shape index (κ3) is 6.82. The van der Waals surface area contributed by atoms with Gasteiger partial charge in [0, 0.05) is 19.4 Å². The van der Waals surface area contributed by atoms with Gasteiger partial charge in [0.25, 0.3) is 5.56 Å². The normalized spacial score (nSPS) is 25.3. The van der Waals surface area contributed by atoms with E-state index in [0.29, 0.717) is 0 Å². The van der Waals surface area contributed by atoms with Crippen LogP contribution in [0, 0.1) is 0 Å². The first-order chi connectivity index (χ1) is 14.6. The molecule has 0 spiro atoms. The standard InChI is InChI=1S/C19H33N2O9P/c1-5-8-12(9-6-2)28-16-15(13(7-3)30-31(24,25)26)29-18(17(16)27-4)21-11-10-14(22)20-19(21)23/h10-13,15-18H,5-9H2,1-4H3,(H,20,22,23)(H2,24,25,26)/t13-,15?,16?,17?,18?/m1/s1. The Morgan fingerprint density at radius 3 is 2.32 bits per heavy atom. The van der Waals surface area contributed by atoms with Crippen LogP contribution >= 0.6 is 7.82 Å². The molecule has 0 radical (unpaired) electrons. The zero-order valence-electron chi connectivity index (χ0n) is 18.3. The maximum Gasteiger partial charge on any atom is 0.469 e. The second-order valence-corrected chi connectivity index (χ2v) is 8.74. The summed E-state index contributed by atoms with van der Waals surface area (Å²) in [6, 6.07) is 1.18. The summed E-state index contributed by atoms with van der Waals surface area (Å²) in [5, 5.41) is 0. The molecule has 1 fully saturated rings. The topological polar surface area (TPSA) is 149 Å². The van der Waals surface area contributed by atoms with Gasteiger partial charge in [0.15, 0.2) is 6.23 Å². The zero-order valence-corrected chi connectivity index (χ0v) is 19.2. The molecule has 0 aliphatic carbocycles. The molecule has 5 atom stereocenters. The van der Waals surface area contributed by atoms with Gasteiger partial charge in [-0.25, -0.2) is 9.36 Å². The lowest BCUT2D eigenvalue weighted by Crippen LogP contribution is -2.44. The number of H-pyrrole nitrogens is 1. The predicted molar refractivity (Wildman–Crippen MR) is 112 cm³/mol. The van der Waals surface area contributed by atoms with Gasteiger partial charge in [-0.2, -0.15) is 0 Å². The first kappa shape index (κ1) is 25.9. The van der Waals surface area contributed by atoms with E-state index >= 15 is 0 Å². The third-order valence-electron chi connectivity index (χ3n) is 5.24. The van der Waals surface area contributed by atoms with E-state index < -0.39 is 49.7 Å². The van der Waals surface area contributed by atoms with Crippen molar-refractivity contribution in [2.45, 2.75) is 89.6 Å². The summed E-state index contributed by atoms with van der Waals surface area (Å²) in [7, 11) is -3.36. The van der Waals surface area contributed by atoms with Gasteiger partial charge in [-0.15, -0.1) is 0 Å². The minimum absolute atomic E-state index is 0.123. The highest BCUT2D eigenvalue weighted by atomic mass is 31.2. The van der Waals surface area contributed by atoms with Gasteiger partial charge in [0.2, 0.25) is 0 Å². The summed E-state index contributed by atoms with van der Waals surface area (Å²) < 4.78 is 35.7. The van der Waals surface area contributed by atoms with Crippen molar-refractivity contribution in [3.63, 3.8) is 0 Å². The molecule has 1 aliphatic heterocycles.